The highest BCUT2D eigenvalue weighted by Gasteiger charge is 2.25. The Kier molecular flexibility index (Phi) is 7.48. The van der Waals surface area contributed by atoms with Crippen LogP contribution in [-0.2, 0) is 16.1 Å². The van der Waals surface area contributed by atoms with Gasteiger partial charge in [-0.25, -0.2) is 0 Å². The van der Waals surface area contributed by atoms with Gasteiger partial charge in [0.15, 0.2) is 6.54 Å². The van der Waals surface area contributed by atoms with Crippen molar-refractivity contribution in [2.24, 2.45) is 0 Å². The van der Waals surface area contributed by atoms with Crippen molar-refractivity contribution in [2.45, 2.75) is 13.5 Å². The molecule has 0 unspecified atom stereocenters. The summed E-state index contributed by atoms with van der Waals surface area (Å²) in [7, 11) is 0. The van der Waals surface area contributed by atoms with Crippen molar-refractivity contribution < 1.29 is 19.4 Å². The Balaban J connectivity index is 1.64. The first-order chi connectivity index (χ1) is 11.1. The molecular weight excluding hydrogens is 380 g/mol. The van der Waals surface area contributed by atoms with Crippen LogP contribution in [0.4, 0.5) is 0 Å². The zero-order valence-electron chi connectivity index (χ0n) is 13.4. The van der Waals surface area contributed by atoms with Crippen LogP contribution in [0.5, 0.6) is 0 Å². The number of nitrogens with one attached hydrogen (secondary N) is 4. The van der Waals surface area contributed by atoms with E-state index in [0.29, 0.717) is 13.1 Å². The molecule has 2 amide bonds. The molecule has 1 aliphatic heterocycles. The van der Waals surface area contributed by atoms with Crippen molar-refractivity contribution in [1.29, 1.82) is 0 Å². The number of quaternary nitrogens is 2. The summed E-state index contributed by atoms with van der Waals surface area (Å²) in [4.78, 5) is 27.5. The number of likely N-dealkylation sites (N-methyl/N-ethyl adjacent to an activating group) is 1. The molecule has 1 saturated heterocycles. The van der Waals surface area contributed by atoms with E-state index in [-0.39, 0.29) is 18.4 Å². The fourth-order valence-corrected chi connectivity index (χ4v) is 4.29. The van der Waals surface area contributed by atoms with Gasteiger partial charge in [0.1, 0.15) is 32.7 Å². The zero-order valence-corrected chi connectivity index (χ0v) is 15.8. The van der Waals surface area contributed by atoms with E-state index in [2.05, 4.69) is 38.7 Å². The molecule has 1 fully saturated rings. The SMILES string of the molecule is CCNC(=O)CNC(=O)C[NH+]1CC[NH+](Cc2ccc(Br)s2)CC1. The third-order valence-corrected chi connectivity index (χ3v) is 5.57. The van der Waals surface area contributed by atoms with Gasteiger partial charge in [0.2, 0.25) is 5.91 Å². The van der Waals surface area contributed by atoms with E-state index in [0.717, 1.165) is 32.7 Å². The van der Waals surface area contributed by atoms with Crippen molar-refractivity contribution >= 4 is 39.1 Å². The van der Waals surface area contributed by atoms with Gasteiger partial charge in [0, 0.05) is 6.54 Å². The minimum Gasteiger partial charge on any atom is -0.355 e. The lowest BCUT2D eigenvalue weighted by atomic mass is 10.3. The molecule has 0 saturated carbocycles. The van der Waals surface area contributed by atoms with Gasteiger partial charge in [0.05, 0.1) is 15.2 Å². The first-order valence-corrected chi connectivity index (χ1v) is 9.62. The number of carbonyl (C=O) groups is 2. The lowest BCUT2D eigenvalue weighted by Crippen LogP contribution is -3.28. The standard InChI is InChI=1S/C15H23BrN4O2S/c1-2-17-14(21)9-18-15(22)11-20-7-5-19(6-8-20)10-12-3-4-13(16)23-12/h3-4H,2,5-11H2,1H3,(H,17,21)(H,18,22)/p+2. The minimum absolute atomic E-state index is 0.0445. The van der Waals surface area contributed by atoms with Gasteiger partial charge in [0.25, 0.3) is 5.91 Å². The van der Waals surface area contributed by atoms with E-state index in [1.165, 1.54) is 13.6 Å². The van der Waals surface area contributed by atoms with Gasteiger partial charge in [-0.1, -0.05) is 0 Å². The summed E-state index contributed by atoms with van der Waals surface area (Å²) in [5.41, 5.74) is 0. The Morgan fingerprint density at radius 3 is 2.43 bits per heavy atom. The second-order valence-electron chi connectivity index (χ2n) is 5.79. The number of rotatable bonds is 7. The van der Waals surface area contributed by atoms with Crippen molar-refractivity contribution in [1.82, 2.24) is 10.6 Å². The van der Waals surface area contributed by atoms with Crippen LogP contribution in [0, 0.1) is 0 Å². The number of amides is 2. The minimum atomic E-state index is -0.132. The Bertz CT molecular complexity index is 529. The summed E-state index contributed by atoms with van der Waals surface area (Å²) in [5.74, 6) is -0.177. The summed E-state index contributed by atoms with van der Waals surface area (Å²) >= 11 is 5.29. The van der Waals surface area contributed by atoms with Crippen LogP contribution >= 0.6 is 27.3 Å². The fraction of sp³-hybridized carbons (Fsp3) is 0.600. The van der Waals surface area contributed by atoms with Crippen LogP contribution in [0.1, 0.15) is 11.8 Å². The van der Waals surface area contributed by atoms with Gasteiger partial charge in [-0.15, -0.1) is 11.3 Å². The fourth-order valence-electron chi connectivity index (χ4n) is 2.73. The van der Waals surface area contributed by atoms with Crippen LogP contribution in [0.2, 0.25) is 0 Å². The average Bonchev–Trinajstić information content (AvgIpc) is 2.93. The second kappa shape index (κ2) is 9.36. The predicted molar refractivity (Wildman–Crippen MR) is 93.7 cm³/mol. The maximum atomic E-state index is 11.9. The van der Waals surface area contributed by atoms with E-state index >= 15 is 0 Å². The first-order valence-electron chi connectivity index (χ1n) is 8.01. The van der Waals surface area contributed by atoms with E-state index in [1.807, 2.05) is 6.92 Å². The van der Waals surface area contributed by atoms with Crippen LogP contribution in [-0.4, -0.2) is 57.6 Å². The van der Waals surface area contributed by atoms with Crippen molar-refractivity contribution in [2.75, 3.05) is 45.8 Å². The summed E-state index contributed by atoms with van der Waals surface area (Å²) in [5, 5.41) is 5.36. The van der Waals surface area contributed by atoms with E-state index < -0.39 is 0 Å². The molecule has 8 heteroatoms. The Hall–Kier alpha value is -0.960. The monoisotopic (exact) mass is 404 g/mol. The molecule has 1 aliphatic rings. The molecule has 0 aliphatic carbocycles. The van der Waals surface area contributed by atoms with Gasteiger partial charge in [-0.05, 0) is 35.0 Å². The quantitative estimate of drug-likeness (QED) is 0.426. The molecule has 0 aromatic carbocycles. The topological polar surface area (TPSA) is 67.1 Å². The average molecular weight is 405 g/mol. The van der Waals surface area contributed by atoms with Gasteiger partial charge in [-0.3, -0.25) is 9.59 Å². The van der Waals surface area contributed by atoms with Crippen molar-refractivity contribution in [3.8, 4) is 0 Å². The highest BCUT2D eigenvalue weighted by Crippen LogP contribution is 2.21. The Morgan fingerprint density at radius 1 is 1.13 bits per heavy atom. The van der Waals surface area contributed by atoms with E-state index in [4.69, 9.17) is 0 Å². The lowest BCUT2D eigenvalue weighted by Gasteiger charge is -2.29. The second-order valence-corrected chi connectivity index (χ2v) is 8.34. The van der Waals surface area contributed by atoms with E-state index in [1.54, 1.807) is 16.2 Å². The lowest BCUT2D eigenvalue weighted by molar-refractivity contribution is -1.01. The number of halogens is 1. The molecule has 0 spiro atoms. The van der Waals surface area contributed by atoms with Crippen molar-refractivity contribution in [3.63, 3.8) is 0 Å². The molecule has 2 heterocycles. The molecule has 0 radical (unpaired) electrons. The third-order valence-electron chi connectivity index (χ3n) is 3.95. The Morgan fingerprint density at radius 2 is 1.83 bits per heavy atom. The summed E-state index contributed by atoms with van der Waals surface area (Å²) in [6, 6.07) is 4.27. The number of piperazine rings is 1. The maximum Gasteiger partial charge on any atom is 0.275 e. The third kappa shape index (κ3) is 6.58. The molecule has 0 bridgehead atoms. The molecule has 2 rings (SSSR count). The molecule has 23 heavy (non-hydrogen) atoms. The Labute approximate surface area is 149 Å². The van der Waals surface area contributed by atoms with Crippen LogP contribution in [0.3, 0.4) is 0 Å². The highest BCUT2D eigenvalue weighted by molar-refractivity contribution is 9.11. The number of hydrogen-bond donors (Lipinski definition) is 4. The van der Waals surface area contributed by atoms with Gasteiger partial charge in [-0.2, -0.15) is 0 Å². The van der Waals surface area contributed by atoms with Gasteiger partial charge >= 0.3 is 0 Å². The van der Waals surface area contributed by atoms with Crippen LogP contribution < -0.4 is 20.4 Å². The molecule has 4 N–H and O–H groups in total. The maximum absolute atomic E-state index is 11.9. The zero-order chi connectivity index (χ0) is 16.7. The predicted octanol–water partition coefficient (Wildman–Crippen LogP) is -1.95. The smallest absolute Gasteiger partial charge is 0.275 e. The molecule has 1 aromatic rings. The molecule has 128 valence electrons. The van der Waals surface area contributed by atoms with Crippen LogP contribution in [0.25, 0.3) is 0 Å². The molecule has 1 aromatic heterocycles. The summed E-state index contributed by atoms with van der Waals surface area (Å²) in [6.07, 6.45) is 0. The largest absolute Gasteiger partial charge is 0.355 e. The molecular formula is C15H25BrN4O2S+2. The molecule has 0 atom stereocenters. The first kappa shape index (κ1) is 18.4. The van der Waals surface area contributed by atoms with E-state index in [9.17, 15) is 9.59 Å². The molecule has 6 nitrogen and oxygen atoms in total. The van der Waals surface area contributed by atoms with Crippen molar-refractivity contribution in [3.05, 3.63) is 20.8 Å². The summed E-state index contributed by atoms with van der Waals surface area (Å²) < 4.78 is 1.18. The highest BCUT2D eigenvalue weighted by atomic mass is 79.9. The summed E-state index contributed by atoms with van der Waals surface area (Å²) in [6.45, 7) is 8.19. The van der Waals surface area contributed by atoms with Crippen LogP contribution in [0.15, 0.2) is 15.9 Å². The number of carbonyl (C=O) groups excluding carboxylic acids is 2. The van der Waals surface area contributed by atoms with Gasteiger partial charge < -0.3 is 20.4 Å². The number of hydrogen-bond acceptors (Lipinski definition) is 3. The normalized spacial score (nSPS) is 21.0. The number of thiophene rings is 1.